The van der Waals surface area contributed by atoms with Crippen molar-refractivity contribution < 1.29 is 29.3 Å². The van der Waals surface area contributed by atoms with Crippen LogP contribution in [-0.2, 0) is 19.1 Å². The van der Waals surface area contributed by atoms with Gasteiger partial charge in [-0.25, -0.2) is 9.59 Å². The van der Waals surface area contributed by atoms with Gasteiger partial charge in [0, 0.05) is 17.8 Å². The van der Waals surface area contributed by atoms with E-state index in [1.165, 1.54) is 52.4 Å². The molecule has 0 atom stereocenters. The highest BCUT2D eigenvalue weighted by Crippen LogP contribution is 2.22. The summed E-state index contributed by atoms with van der Waals surface area (Å²) >= 11 is 0. The van der Waals surface area contributed by atoms with Crippen molar-refractivity contribution in [2.24, 2.45) is 0 Å². The fourth-order valence-corrected chi connectivity index (χ4v) is 2.81. The number of aliphatic hydroxyl groups excluding tert-OH is 1. The van der Waals surface area contributed by atoms with E-state index in [-0.39, 0.29) is 17.6 Å². The van der Waals surface area contributed by atoms with Crippen LogP contribution >= 0.6 is 0 Å². The second kappa shape index (κ2) is 16.2. The van der Waals surface area contributed by atoms with Crippen molar-refractivity contribution >= 4 is 11.9 Å². The van der Waals surface area contributed by atoms with Crippen LogP contribution < -0.4 is 0 Å². The van der Waals surface area contributed by atoms with Gasteiger partial charge in [0.05, 0.1) is 6.42 Å². The summed E-state index contributed by atoms with van der Waals surface area (Å²) in [6, 6.07) is 0. The number of aliphatic hydroxyl groups is 2. The number of unbranched alkanes of at least 4 members (excludes halogenated alkanes) is 11. The molecule has 0 aromatic carbocycles. The molecule has 168 valence electrons. The molecule has 0 unspecified atom stereocenters. The summed E-state index contributed by atoms with van der Waals surface area (Å²) in [5.74, 6) is -3.90. The van der Waals surface area contributed by atoms with Gasteiger partial charge in [0.2, 0.25) is 0 Å². The molecular weight excluding hydrogens is 372 g/mol. The lowest BCUT2D eigenvalue weighted by Crippen LogP contribution is -2.40. The van der Waals surface area contributed by atoms with Gasteiger partial charge in [0.25, 0.3) is 0 Å². The molecule has 6 heteroatoms. The number of rotatable bonds is 18. The van der Waals surface area contributed by atoms with Gasteiger partial charge in [-0.3, -0.25) is 0 Å². The Bertz CT molecular complexity index is 483. The quantitative estimate of drug-likeness (QED) is 0.143. The number of ether oxygens (including phenoxy) is 2. The second-order valence-electron chi connectivity index (χ2n) is 7.77. The van der Waals surface area contributed by atoms with Gasteiger partial charge in [0.15, 0.2) is 0 Å². The van der Waals surface area contributed by atoms with Gasteiger partial charge in [-0.2, -0.15) is 0 Å². The van der Waals surface area contributed by atoms with Crippen LogP contribution in [0.1, 0.15) is 97.3 Å². The Balaban J connectivity index is 4.01. The van der Waals surface area contributed by atoms with Crippen molar-refractivity contribution in [3.8, 4) is 0 Å². The molecule has 0 saturated carbocycles. The minimum absolute atomic E-state index is 0.0128. The summed E-state index contributed by atoms with van der Waals surface area (Å²) in [7, 11) is 0. The van der Waals surface area contributed by atoms with Crippen LogP contribution in [0.3, 0.4) is 0 Å². The monoisotopic (exact) mass is 412 g/mol. The van der Waals surface area contributed by atoms with Crippen LogP contribution in [-0.4, -0.2) is 34.7 Å². The van der Waals surface area contributed by atoms with Gasteiger partial charge < -0.3 is 19.7 Å². The Labute approximate surface area is 176 Å². The molecule has 29 heavy (non-hydrogen) atoms. The van der Waals surface area contributed by atoms with E-state index in [1.54, 1.807) is 0 Å². The third-order valence-corrected chi connectivity index (χ3v) is 4.60. The summed E-state index contributed by atoms with van der Waals surface area (Å²) in [5.41, 5.74) is 0.228. The number of esters is 2. The Morgan fingerprint density at radius 2 is 1.00 bits per heavy atom. The van der Waals surface area contributed by atoms with Gasteiger partial charge in [-0.05, 0) is 26.7 Å². The molecule has 0 bridgehead atoms. The summed E-state index contributed by atoms with van der Waals surface area (Å²) in [4.78, 5) is 23.5. The third-order valence-electron chi connectivity index (χ3n) is 4.60. The molecule has 0 aromatic heterocycles. The molecular formula is C23H40O6. The zero-order valence-electron chi connectivity index (χ0n) is 18.3. The SMILES string of the molecule is C=C(C)C(=O)OC(O)(CCCCCCCCCCCCCCO)OC(=O)C(=C)C. The van der Waals surface area contributed by atoms with Crippen LogP contribution in [0, 0.1) is 0 Å². The van der Waals surface area contributed by atoms with Gasteiger partial charge in [-0.1, -0.05) is 77.4 Å². The number of carbonyl (C=O) groups excluding carboxylic acids is 2. The first-order valence-electron chi connectivity index (χ1n) is 10.8. The van der Waals surface area contributed by atoms with Crippen molar-refractivity contribution in [3.63, 3.8) is 0 Å². The average molecular weight is 413 g/mol. The van der Waals surface area contributed by atoms with Crippen molar-refractivity contribution in [1.29, 1.82) is 0 Å². The summed E-state index contributed by atoms with van der Waals surface area (Å²) < 4.78 is 9.89. The zero-order chi connectivity index (χ0) is 22.1. The molecule has 2 N–H and O–H groups in total. The Kier molecular flexibility index (Phi) is 15.2. The predicted molar refractivity (Wildman–Crippen MR) is 114 cm³/mol. The Hall–Kier alpha value is -1.66. The molecule has 6 nitrogen and oxygen atoms in total. The van der Waals surface area contributed by atoms with Gasteiger partial charge in [0.1, 0.15) is 0 Å². The first-order valence-corrected chi connectivity index (χ1v) is 10.8. The van der Waals surface area contributed by atoms with Crippen molar-refractivity contribution in [2.75, 3.05) is 6.61 Å². The molecule has 0 fully saturated rings. The molecule has 0 aliphatic carbocycles. The Morgan fingerprint density at radius 3 is 1.31 bits per heavy atom. The summed E-state index contributed by atoms with van der Waals surface area (Å²) in [6.45, 7) is 10.1. The average Bonchev–Trinajstić information content (AvgIpc) is 2.65. The van der Waals surface area contributed by atoms with Crippen LogP contribution in [0.5, 0.6) is 0 Å². The predicted octanol–water partition coefficient (Wildman–Crippen LogP) is 4.93. The molecule has 0 rings (SSSR count). The molecule has 0 aliphatic rings. The highest BCUT2D eigenvalue weighted by atomic mass is 16.8. The minimum Gasteiger partial charge on any atom is -0.396 e. The molecule has 0 saturated heterocycles. The maximum absolute atomic E-state index is 11.7. The lowest BCUT2D eigenvalue weighted by Gasteiger charge is -2.27. The highest BCUT2D eigenvalue weighted by Gasteiger charge is 2.36. The molecule has 0 aromatic rings. The molecule has 0 heterocycles. The second-order valence-corrected chi connectivity index (χ2v) is 7.77. The van der Waals surface area contributed by atoms with E-state index in [0.29, 0.717) is 13.0 Å². The minimum atomic E-state index is -2.29. The van der Waals surface area contributed by atoms with Crippen LogP contribution in [0.4, 0.5) is 0 Å². The van der Waals surface area contributed by atoms with E-state index in [2.05, 4.69) is 13.2 Å². The van der Waals surface area contributed by atoms with Crippen molar-refractivity contribution in [3.05, 3.63) is 24.3 Å². The standard InChI is InChI=1S/C23H40O6/c1-19(2)21(25)28-23(27,29-22(26)20(3)4)17-15-13-11-9-7-5-6-8-10-12-14-16-18-24/h24,27H,1,3,5-18H2,2,4H3. The zero-order valence-corrected chi connectivity index (χ0v) is 18.3. The maximum atomic E-state index is 11.7. The fraction of sp³-hybridized carbons (Fsp3) is 0.739. The highest BCUT2D eigenvalue weighted by molar-refractivity contribution is 5.88. The van der Waals surface area contributed by atoms with Gasteiger partial charge >= 0.3 is 17.9 Å². The van der Waals surface area contributed by atoms with E-state index < -0.39 is 17.9 Å². The normalized spacial score (nSPS) is 11.2. The first-order chi connectivity index (χ1) is 13.7. The fourth-order valence-electron chi connectivity index (χ4n) is 2.81. The largest absolute Gasteiger partial charge is 0.396 e. The van der Waals surface area contributed by atoms with E-state index in [9.17, 15) is 14.7 Å². The maximum Gasteiger partial charge on any atom is 0.373 e. The summed E-state index contributed by atoms with van der Waals surface area (Å²) in [5, 5.41) is 19.2. The first kappa shape index (κ1) is 27.3. The van der Waals surface area contributed by atoms with E-state index in [4.69, 9.17) is 14.6 Å². The van der Waals surface area contributed by atoms with Crippen molar-refractivity contribution in [1.82, 2.24) is 0 Å². The molecule has 0 radical (unpaired) electrons. The van der Waals surface area contributed by atoms with E-state index in [1.807, 2.05) is 0 Å². The molecule has 0 amide bonds. The lowest BCUT2D eigenvalue weighted by molar-refractivity contribution is -0.325. The third kappa shape index (κ3) is 14.9. The van der Waals surface area contributed by atoms with E-state index in [0.717, 1.165) is 32.1 Å². The van der Waals surface area contributed by atoms with Gasteiger partial charge in [-0.15, -0.1) is 0 Å². The number of carbonyl (C=O) groups is 2. The van der Waals surface area contributed by atoms with E-state index >= 15 is 0 Å². The topological polar surface area (TPSA) is 93.1 Å². The molecule has 0 spiro atoms. The lowest BCUT2D eigenvalue weighted by atomic mass is 10.0. The summed E-state index contributed by atoms with van der Waals surface area (Å²) in [6.07, 6.45) is 12.9. The number of hydrogen-bond donors (Lipinski definition) is 2. The van der Waals surface area contributed by atoms with Crippen LogP contribution in [0.2, 0.25) is 0 Å². The van der Waals surface area contributed by atoms with Crippen LogP contribution in [0.25, 0.3) is 0 Å². The molecule has 0 aliphatic heterocycles. The van der Waals surface area contributed by atoms with Crippen LogP contribution in [0.15, 0.2) is 24.3 Å². The Morgan fingerprint density at radius 1 is 0.690 bits per heavy atom. The van der Waals surface area contributed by atoms with Crippen molar-refractivity contribution in [2.45, 2.75) is 103 Å². The number of hydrogen-bond acceptors (Lipinski definition) is 6. The smallest absolute Gasteiger partial charge is 0.373 e.